The Morgan fingerprint density at radius 2 is 2.05 bits per heavy atom. The number of fused-ring (bicyclic) bond motifs is 1. The van der Waals surface area contributed by atoms with E-state index in [1.165, 1.54) is 17.8 Å². The molecule has 2 heterocycles. The summed E-state index contributed by atoms with van der Waals surface area (Å²) in [4.78, 5) is 10.2. The summed E-state index contributed by atoms with van der Waals surface area (Å²) in [5.41, 5.74) is 0. The molecule has 1 N–H and O–H groups in total. The van der Waals surface area contributed by atoms with Gasteiger partial charge in [0.2, 0.25) is 5.95 Å². The fourth-order valence-corrected chi connectivity index (χ4v) is 3.41. The quantitative estimate of drug-likeness (QED) is 0.740. The third-order valence-electron chi connectivity index (χ3n) is 2.56. The third kappa shape index (κ3) is 2.41. The fraction of sp³-hybridized carbons (Fsp3) is 0.0769. The Morgan fingerprint density at radius 1 is 1.21 bits per heavy atom. The maximum Gasteiger partial charge on any atom is 0.224 e. The first-order valence-corrected chi connectivity index (χ1v) is 7.33. The highest BCUT2D eigenvalue weighted by molar-refractivity contribution is 7.99. The van der Waals surface area contributed by atoms with Crippen LogP contribution >= 0.6 is 23.1 Å². The molecule has 0 aliphatic heterocycles. The van der Waals surface area contributed by atoms with Crippen molar-refractivity contribution in [1.82, 2.24) is 9.97 Å². The van der Waals surface area contributed by atoms with Crippen molar-refractivity contribution in [1.29, 1.82) is 0 Å². The van der Waals surface area contributed by atoms with Gasteiger partial charge in [-0.1, -0.05) is 23.9 Å². The molecule has 0 amide bonds. The van der Waals surface area contributed by atoms with E-state index < -0.39 is 0 Å². The lowest BCUT2D eigenvalue weighted by Crippen LogP contribution is -1.97. The highest BCUT2D eigenvalue weighted by atomic mass is 32.2. The number of rotatable bonds is 3. The molecule has 1 aromatic carbocycles. The molecule has 3 aromatic rings. The minimum atomic E-state index is -0.236. The summed E-state index contributed by atoms with van der Waals surface area (Å²) in [5.74, 6) is 0.314. The molecule has 0 saturated carbocycles. The van der Waals surface area contributed by atoms with Crippen molar-refractivity contribution >= 4 is 39.3 Å². The Balaban J connectivity index is 2.09. The van der Waals surface area contributed by atoms with Crippen LogP contribution in [0.25, 0.3) is 10.2 Å². The monoisotopic (exact) mass is 291 g/mol. The Morgan fingerprint density at radius 3 is 2.84 bits per heavy atom. The molecule has 0 spiro atoms. The van der Waals surface area contributed by atoms with Gasteiger partial charge in [0.15, 0.2) is 0 Å². The number of halogens is 1. The molecule has 0 atom stereocenters. The highest BCUT2D eigenvalue weighted by Crippen LogP contribution is 2.35. The molecule has 3 rings (SSSR count). The molecule has 0 radical (unpaired) electrons. The van der Waals surface area contributed by atoms with Crippen LogP contribution in [0.2, 0.25) is 0 Å². The second-order valence-corrected chi connectivity index (χ2v) is 5.70. The summed E-state index contributed by atoms with van der Waals surface area (Å²) < 4.78 is 13.7. The second kappa shape index (κ2) is 5.14. The zero-order valence-electron chi connectivity index (χ0n) is 10.1. The average Bonchev–Trinajstić information content (AvgIpc) is 2.89. The number of nitrogens with zero attached hydrogens (tertiary/aromatic N) is 2. The van der Waals surface area contributed by atoms with Gasteiger partial charge in [-0.3, -0.25) is 0 Å². The fourth-order valence-electron chi connectivity index (χ4n) is 1.65. The molecule has 0 saturated heterocycles. The van der Waals surface area contributed by atoms with Gasteiger partial charge in [-0.05, 0) is 23.6 Å². The normalized spacial score (nSPS) is 10.8. The zero-order valence-corrected chi connectivity index (χ0v) is 11.7. The van der Waals surface area contributed by atoms with Crippen molar-refractivity contribution in [3.05, 3.63) is 41.5 Å². The zero-order chi connectivity index (χ0) is 13.2. The van der Waals surface area contributed by atoms with Gasteiger partial charge in [0.05, 0.1) is 0 Å². The van der Waals surface area contributed by atoms with Gasteiger partial charge in [0.1, 0.15) is 15.7 Å². The van der Waals surface area contributed by atoms with E-state index in [2.05, 4.69) is 15.3 Å². The van der Waals surface area contributed by atoms with Crippen molar-refractivity contribution in [2.45, 2.75) is 9.92 Å². The first-order chi connectivity index (χ1) is 9.28. The van der Waals surface area contributed by atoms with E-state index in [0.29, 0.717) is 10.8 Å². The largest absolute Gasteiger partial charge is 0.357 e. The van der Waals surface area contributed by atoms with Gasteiger partial charge in [-0.2, -0.15) is 0 Å². The van der Waals surface area contributed by atoms with E-state index >= 15 is 0 Å². The van der Waals surface area contributed by atoms with Crippen LogP contribution in [0.5, 0.6) is 0 Å². The molecular formula is C13H10FN3S2. The van der Waals surface area contributed by atoms with Crippen LogP contribution in [-0.2, 0) is 0 Å². The minimum Gasteiger partial charge on any atom is -0.357 e. The van der Waals surface area contributed by atoms with E-state index in [0.717, 1.165) is 15.2 Å². The topological polar surface area (TPSA) is 37.8 Å². The minimum absolute atomic E-state index is 0.236. The molecular weight excluding hydrogens is 281 g/mol. The van der Waals surface area contributed by atoms with E-state index in [1.807, 2.05) is 17.5 Å². The lowest BCUT2D eigenvalue weighted by Gasteiger charge is -2.06. The first-order valence-electron chi connectivity index (χ1n) is 5.63. The standard InChI is InChI=1S/C13H10FN3S2/c1-15-13-16-11-8(6-7-18-11)12(17-13)19-10-5-3-2-4-9(10)14/h2-7H,1H3,(H,15,16,17). The Kier molecular flexibility index (Phi) is 3.35. The maximum atomic E-state index is 13.7. The number of hydrogen-bond acceptors (Lipinski definition) is 5. The number of benzene rings is 1. The summed E-state index contributed by atoms with van der Waals surface area (Å²) >= 11 is 2.87. The average molecular weight is 291 g/mol. The number of thiophene rings is 1. The van der Waals surface area contributed by atoms with Crippen molar-refractivity contribution < 1.29 is 4.39 Å². The molecule has 6 heteroatoms. The smallest absolute Gasteiger partial charge is 0.224 e. The predicted molar refractivity (Wildman–Crippen MR) is 77.5 cm³/mol. The molecule has 0 fully saturated rings. The molecule has 19 heavy (non-hydrogen) atoms. The van der Waals surface area contributed by atoms with Gasteiger partial charge in [-0.15, -0.1) is 11.3 Å². The lowest BCUT2D eigenvalue weighted by molar-refractivity contribution is 0.602. The third-order valence-corrected chi connectivity index (χ3v) is 4.42. The van der Waals surface area contributed by atoms with Gasteiger partial charge in [0.25, 0.3) is 0 Å². The molecule has 0 bridgehead atoms. The predicted octanol–water partition coefficient (Wildman–Crippen LogP) is 4.02. The number of hydrogen-bond donors (Lipinski definition) is 1. The van der Waals surface area contributed by atoms with Gasteiger partial charge < -0.3 is 5.32 Å². The number of nitrogens with one attached hydrogen (secondary N) is 1. The summed E-state index contributed by atoms with van der Waals surface area (Å²) in [5, 5.41) is 6.61. The van der Waals surface area contributed by atoms with Crippen LogP contribution in [0.15, 0.2) is 45.6 Å². The summed E-state index contributed by atoms with van der Waals surface area (Å²) in [6.45, 7) is 0. The van der Waals surface area contributed by atoms with Crippen LogP contribution in [0, 0.1) is 5.82 Å². The Bertz CT molecular complexity index is 727. The van der Waals surface area contributed by atoms with Gasteiger partial charge >= 0.3 is 0 Å². The van der Waals surface area contributed by atoms with Crippen molar-refractivity contribution in [3.63, 3.8) is 0 Å². The van der Waals surface area contributed by atoms with Crippen LogP contribution in [0.3, 0.4) is 0 Å². The molecule has 96 valence electrons. The Hall–Kier alpha value is -1.66. The first kappa shape index (κ1) is 12.4. The van der Waals surface area contributed by atoms with Crippen LogP contribution < -0.4 is 5.32 Å². The van der Waals surface area contributed by atoms with Gasteiger partial charge in [-0.25, -0.2) is 14.4 Å². The van der Waals surface area contributed by atoms with E-state index in [-0.39, 0.29) is 5.82 Å². The Labute approximate surface area is 117 Å². The van der Waals surface area contributed by atoms with Crippen molar-refractivity contribution in [3.8, 4) is 0 Å². The van der Waals surface area contributed by atoms with Crippen LogP contribution in [0.4, 0.5) is 10.3 Å². The SMILES string of the molecule is CNc1nc(Sc2ccccc2F)c2ccsc2n1. The molecule has 0 aliphatic rings. The van der Waals surface area contributed by atoms with E-state index in [1.54, 1.807) is 30.5 Å². The maximum absolute atomic E-state index is 13.7. The molecule has 0 unspecified atom stereocenters. The van der Waals surface area contributed by atoms with Crippen molar-refractivity contribution in [2.75, 3.05) is 12.4 Å². The van der Waals surface area contributed by atoms with Gasteiger partial charge in [0, 0.05) is 17.3 Å². The second-order valence-electron chi connectivity index (χ2n) is 3.77. The summed E-state index contributed by atoms with van der Waals surface area (Å²) in [6, 6.07) is 8.66. The molecule has 0 aliphatic carbocycles. The number of anilines is 1. The highest BCUT2D eigenvalue weighted by Gasteiger charge is 2.11. The van der Waals surface area contributed by atoms with E-state index in [9.17, 15) is 4.39 Å². The summed E-state index contributed by atoms with van der Waals surface area (Å²) in [6.07, 6.45) is 0. The lowest BCUT2D eigenvalue weighted by atomic mass is 10.3. The van der Waals surface area contributed by atoms with Crippen LogP contribution in [-0.4, -0.2) is 17.0 Å². The molecule has 3 nitrogen and oxygen atoms in total. The van der Waals surface area contributed by atoms with E-state index in [4.69, 9.17) is 0 Å². The van der Waals surface area contributed by atoms with Crippen LogP contribution in [0.1, 0.15) is 0 Å². The molecule has 2 aromatic heterocycles. The number of aromatic nitrogens is 2. The van der Waals surface area contributed by atoms with Crippen molar-refractivity contribution in [2.24, 2.45) is 0 Å². The summed E-state index contributed by atoms with van der Waals surface area (Å²) in [7, 11) is 1.77.